The number of rotatable bonds is 5. The maximum Gasteiger partial charge on any atom is 0.241 e. The van der Waals surface area contributed by atoms with Crippen LogP contribution < -0.4 is 10.0 Å². The van der Waals surface area contributed by atoms with Crippen LogP contribution in [0, 0.1) is 13.8 Å². The Hall–Kier alpha value is -1.45. The molecule has 0 saturated carbocycles. The number of carbonyl (C=O) groups excluding carboxylic acids is 1. The summed E-state index contributed by atoms with van der Waals surface area (Å²) in [5, 5.41) is 7.26. The van der Waals surface area contributed by atoms with Crippen molar-refractivity contribution in [3.63, 3.8) is 0 Å². The van der Waals surface area contributed by atoms with Crippen LogP contribution in [0.4, 0.5) is 5.69 Å². The smallest absolute Gasteiger partial charge is 0.241 e. The van der Waals surface area contributed by atoms with Crippen LogP contribution in [0.15, 0.2) is 0 Å². The molecule has 1 amide bonds. The molecule has 24 heavy (non-hydrogen) atoms. The summed E-state index contributed by atoms with van der Waals surface area (Å²) in [6, 6.07) is -0.487. The summed E-state index contributed by atoms with van der Waals surface area (Å²) in [5.41, 5.74) is 2.44. The van der Waals surface area contributed by atoms with E-state index in [9.17, 15) is 13.2 Å². The van der Waals surface area contributed by atoms with E-state index in [1.165, 1.54) is 0 Å². The Labute approximate surface area is 143 Å². The fourth-order valence-corrected chi connectivity index (χ4v) is 3.90. The van der Waals surface area contributed by atoms with Gasteiger partial charge in [-0.2, -0.15) is 5.10 Å². The van der Waals surface area contributed by atoms with Crippen LogP contribution in [0.3, 0.4) is 0 Å². The topological polar surface area (TPSA) is 96.3 Å². The average molecular weight is 357 g/mol. The van der Waals surface area contributed by atoms with E-state index in [0.29, 0.717) is 6.54 Å². The molecule has 9 heteroatoms. The van der Waals surface area contributed by atoms with Crippen LogP contribution in [0.25, 0.3) is 0 Å². The van der Waals surface area contributed by atoms with E-state index in [2.05, 4.69) is 15.1 Å². The largest absolute Gasteiger partial charge is 0.322 e. The fraction of sp³-hybridized carbons (Fsp3) is 0.733. The maximum absolute atomic E-state index is 12.6. The lowest BCUT2D eigenvalue weighted by molar-refractivity contribution is -0.121. The van der Waals surface area contributed by atoms with E-state index in [0.717, 1.165) is 42.7 Å². The SMILES string of the molecule is Cc1nn(C)c(C)c1NC(=O)[C@@H](C)N1CCC[C@@H](NS(C)(=O)=O)C1. The highest BCUT2D eigenvalue weighted by molar-refractivity contribution is 7.88. The van der Waals surface area contributed by atoms with Gasteiger partial charge in [-0.05, 0) is 40.2 Å². The van der Waals surface area contributed by atoms with Gasteiger partial charge in [0.1, 0.15) is 0 Å². The number of nitrogens with one attached hydrogen (secondary N) is 2. The number of amides is 1. The number of aryl methyl sites for hydroxylation is 2. The lowest BCUT2D eigenvalue weighted by atomic mass is 10.0. The third-order valence-corrected chi connectivity index (χ3v) is 5.28. The summed E-state index contributed by atoms with van der Waals surface area (Å²) < 4.78 is 27.2. The van der Waals surface area contributed by atoms with Crippen LogP contribution in [0.1, 0.15) is 31.2 Å². The van der Waals surface area contributed by atoms with E-state index in [4.69, 9.17) is 0 Å². The first-order valence-corrected chi connectivity index (χ1v) is 10.00. The van der Waals surface area contributed by atoms with Crippen LogP contribution in [-0.2, 0) is 21.9 Å². The van der Waals surface area contributed by atoms with Gasteiger partial charge in [-0.25, -0.2) is 13.1 Å². The zero-order chi connectivity index (χ0) is 18.1. The predicted octanol–water partition coefficient (Wildman–Crippen LogP) is 0.378. The molecule has 1 aliphatic rings. The Kier molecular flexibility index (Phi) is 5.67. The second kappa shape index (κ2) is 7.20. The molecule has 0 radical (unpaired) electrons. The molecule has 0 aromatic carbocycles. The van der Waals surface area contributed by atoms with Crippen molar-refractivity contribution < 1.29 is 13.2 Å². The van der Waals surface area contributed by atoms with Gasteiger partial charge in [0.2, 0.25) is 15.9 Å². The van der Waals surface area contributed by atoms with E-state index >= 15 is 0 Å². The molecule has 0 unspecified atom stereocenters. The van der Waals surface area contributed by atoms with Gasteiger partial charge in [0.25, 0.3) is 0 Å². The molecule has 136 valence electrons. The first-order chi connectivity index (χ1) is 11.1. The standard InChI is InChI=1S/C15H27N5O3S/c1-10-14(11(2)19(4)17-10)16-15(21)12(3)20-8-6-7-13(9-20)18-24(5,22)23/h12-13,18H,6-9H2,1-5H3,(H,16,21)/t12-,13-/m1/s1. The summed E-state index contributed by atoms with van der Waals surface area (Å²) >= 11 is 0. The Morgan fingerprint density at radius 2 is 2.04 bits per heavy atom. The van der Waals surface area contributed by atoms with Gasteiger partial charge in [0.05, 0.1) is 29.4 Å². The molecule has 1 aromatic heterocycles. The molecule has 1 aliphatic heterocycles. The first kappa shape index (κ1) is 18.9. The summed E-state index contributed by atoms with van der Waals surface area (Å²) in [4.78, 5) is 14.6. The van der Waals surface area contributed by atoms with Gasteiger partial charge in [-0.1, -0.05) is 0 Å². The Morgan fingerprint density at radius 3 is 2.58 bits per heavy atom. The van der Waals surface area contributed by atoms with Crippen LogP contribution >= 0.6 is 0 Å². The maximum atomic E-state index is 12.6. The van der Waals surface area contributed by atoms with Crippen molar-refractivity contribution in [3.05, 3.63) is 11.4 Å². The van der Waals surface area contributed by atoms with Crippen molar-refractivity contribution in [1.82, 2.24) is 19.4 Å². The quantitative estimate of drug-likeness (QED) is 0.794. The van der Waals surface area contributed by atoms with Crippen molar-refractivity contribution in [3.8, 4) is 0 Å². The highest BCUT2D eigenvalue weighted by Gasteiger charge is 2.29. The molecule has 1 saturated heterocycles. The molecule has 1 fully saturated rings. The molecular weight excluding hydrogens is 330 g/mol. The highest BCUT2D eigenvalue weighted by Crippen LogP contribution is 2.20. The lowest BCUT2D eigenvalue weighted by Crippen LogP contribution is -2.52. The number of nitrogens with zero attached hydrogens (tertiary/aromatic N) is 3. The number of sulfonamides is 1. The molecule has 2 atom stereocenters. The average Bonchev–Trinajstić information content (AvgIpc) is 2.71. The molecule has 8 nitrogen and oxygen atoms in total. The Bertz CT molecular complexity index is 713. The summed E-state index contributed by atoms with van der Waals surface area (Å²) in [7, 11) is -1.40. The predicted molar refractivity (Wildman–Crippen MR) is 93.3 cm³/mol. The van der Waals surface area contributed by atoms with E-state index < -0.39 is 10.0 Å². The van der Waals surface area contributed by atoms with Gasteiger partial charge in [0.15, 0.2) is 0 Å². The van der Waals surface area contributed by atoms with Crippen molar-refractivity contribution in [2.45, 2.75) is 45.7 Å². The van der Waals surface area contributed by atoms with Crippen molar-refractivity contribution in [2.24, 2.45) is 7.05 Å². The molecule has 2 rings (SSSR count). The molecule has 2 N–H and O–H groups in total. The van der Waals surface area contributed by atoms with Crippen molar-refractivity contribution in [2.75, 3.05) is 24.7 Å². The summed E-state index contributed by atoms with van der Waals surface area (Å²) in [6.07, 6.45) is 2.81. The van der Waals surface area contributed by atoms with Crippen molar-refractivity contribution >= 4 is 21.6 Å². The zero-order valence-corrected chi connectivity index (χ0v) is 15.8. The van der Waals surface area contributed by atoms with E-state index in [1.807, 2.05) is 32.7 Å². The summed E-state index contributed by atoms with van der Waals surface area (Å²) in [6.45, 7) is 6.93. The third kappa shape index (κ3) is 4.55. The van der Waals surface area contributed by atoms with Gasteiger partial charge in [-0.3, -0.25) is 14.4 Å². The monoisotopic (exact) mass is 357 g/mol. The Balaban J connectivity index is 2.02. The highest BCUT2D eigenvalue weighted by atomic mass is 32.2. The molecule has 0 aliphatic carbocycles. The zero-order valence-electron chi connectivity index (χ0n) is 15.0. The molecular formula is C15H27N5O3S. The summed E-state index contributed by atoms with van der Waals surface area (Å²) in [5.74, 6) is -0.103. The van der Waals surface area contributed by atoms with Gasteiger partial charge in [0, 0.05) is 19.6 Å². The number of anilines is 1. The number of aromatic nitrogens is 2. The molecule has 0 bridgehead atoms. The molecule has 0 spiro atoms. The number of hydrogen-bond donors (Lipinski definition) is 2. The van der Waals surface area contributed by atoms with Gasteiger partial charge in [-0.15, -0.1) is 0 Å². The minimum Gasteiger partial charge on any atom is -0.322 e. The Morgan fingerprint density at radius 1 is 1.38 bits per heavy atom. The van der Waals surface area contributed by atoms with Gasteiger partial charge < -0.3 is 5.32 Å². The second-order valence-electron chi connectivity index (χ2n) is 6.56. The van der Waals surface area contributed by atoms with Crippen LogP contribution in [0.2, 0.25) is 0 Å². The van der Waals surface area contributed by atoms with E-state index in [1.54, 1.807) is 4.68 Å². The normalized spacial score (nSPS) is 20.8. The van der Waals surface area contributed by atoms with Crippen molar-refractivity contribution in [1.29, 1.82) is 0 Å². The number of carbonyl (C=O) groups is 1. The first-order valence-electron chi connectivity index (χ1n) is 8.11. The minimum absolute atomic E-state index is 0.103. The number of likely N-dealkylation sites (tertiary alicyclic amines) is 1. The van der Waals surface area contributed by atoms with Gasteiger partial charge >= 0.3 is 0 Å². The minimum atomic E-state index is -3.24. The second-order valence-corrected chi connectivity index (χ2v) is 8.34. The number of piperidine rings is 1. The van der Waals surface area contributed by atoms with Crippen LogP contribution in [-0.4, -0.2) is 60.4 Å². The lowest BCUT2D eigenvalue weighted by Gasteiger charge is -2.36. The van der Waals surface area contributed by atoms with Crippen LogP contribution in [0.5, 0.6) is 0 Å². The fourth-order valence-electron chi connectivity index (χ4n) is 3.11. The molecule has 2 heterocycles. The number of hydrogen-bond acceptors (Lipinski definition) is 5. The third-order valence-electron chi connectivity index (χ3n) is 4.52. The van der Waals surface area contributed by atoms with E-state index in [-0.39, 0.29) is 18.0 Å². The molecule has 1 aromatic rings.